The van der Waals surface area contributed by atoms with Crippen LogP contribution in [0.1, 0.15) is 27.2 Å². The van der Waals surface area contributed by atoms with Crippen molar-refractivity contribution in [3.05, 3.63) is 0 Å². The maximum atomic E-state index is 11.8. The third kappa shape index (κ3) is 6.11. The number of amides is 2. The minimum atomic E-state index is -0.483. The highest BCUT2D eigenvalue weighted by molar-refractivity contribution is 6.18. The Balaban J connectivity index is 2.32. The van der Waals surface area contributed by atoms with Crippen molar-refractivity contribution >= 4 is 23.6 Å². The number of nitrogens with zero attached hydrogens (tertiary/aromatic N) is 2. The zero-order chi connectivity index (χ0) is 14.5. The summed E-state index contributed by atoms with van der Waals surface area (Å²) in [6.45, 7) is 7.78. The minimum absolute atomic E-state index is 0.0966. The summed E-state index contributed by atoms with van der Waals surface area (Å²) in [6.07, 6.45) is -0.00682. The molecule has 1 aliphatic heterocycles. The Morgan fingerprint density at radius 2 is 1.79 bits per heavy atom. The zero-order valence-corrected chi connectivity index (χ0v) is 12.5. The largest absolute Gasteiger partial charge is 0.444 e. The molecule has 7 heteroatoms. The molecule has 0 atom stereocenters. The number of halogens is 1. The molecule has 1 saturated heterocycles. The van der Waals surface area contributed by atoms with Gasteiger partial charge < -0.3 is 9.64 Å². The fraction of sp³-hybridized carbons (Fsp3) is 0.833. The number of piperazine rings is 1. The van der Waals surface area contributed by atoms with Gasteiger partial charge in [0.2, 0.25) is 5.91 Å². The van der Waals surface area contributed by atoms with Crippen LogP contribution in [-0.4, -0.2) is 59.6 Å². The van der Waals surface area contributed by atoms with Crippen LogP contribution in [0.15, 0.2) is 0 Å². The maximum absolute atomic E-state index is 11.8. The van der Waals surface area contributed by atoms with Crippen LogP contribution in [0.25, 0.3) is 0 Å². The second kappa shape index (κ2) is 6.96. The Hall–Kier alpha value is -1.01. The average Bonchev–Trinajstić information content (AvgIpc) is 2.27. The Kier molecular flexibility index (Phi) is 5.87. The first-order valence-corrected chi connectivity index (χ1v) is 6.93. The van der Waals surface area contributed by atoms with E-state index in [2.05, 4.69) is 5.43 Å². The highest BCUT2D eigenvalue weighted by atomic mass is 35.5. The van der Waals surface area contributed by atoms with Gasteiger partial charge in [0.25, 0.3) is 0 Å². The van der Waals surface area contributed by atoms with E-state index in [0.717, 1.165) is 0 Å². The number of carbonyl (C=O) groups is 2. The first-order valence-electron chi connectivity index (χ1n) is 6.40. The van der Waals surface area contributed by atoms with Crippen LogP contribution in [0.2, 0.25) is 0 Å². The Labute approximate surface area is 119 Å². The Morgan fingerprint density at radius 1 is 1.21 bits per heavy atom. The summed E-state index contributed by atoms with van der Waals surface area (Å²) in [5, 5.41) is 1.80. The smallest absolute Gasteiger partial charge is 0.410 e. The summed E-state index contributed by atoms with van der Waals surface area (Å²) in [4.78, 5) is 24.8. The molecule has 0 bridgehead atoms. The number of hydrogen-bond donors (Lipinski definition) is 1. The van der Waals surface area contributed by atoms with Crippen LogP contribution >= 0.6 is 11.6 Å². The molecule has 110 valence electrons. The van der Waals surface area contributed by atoms with Gasteiger partial charge in [0.05, 0.1) is 0 Å². The Morgan fingerprint density at radius 3 is 2.26 bits per heavy atom. The van der Waals surface area contributed by atoms with Crippen LogP contribution in [0, 0.1) is 0 Å². The molecule has 0 aliphatic carbocycles. The van der Waals surface area contributed by atoms with Crippen LogP contribution in [-0.2, 0) is 9.53 Å². The van der Waals surface area contributed by atoms with E-state index in [4.69, 9.17) is 16.3 Å². The number of hydrazine groups is 1. The number of hydrogen-bond acceptors (Lipinski definition) is 4. The van der Waals surface area contributed by atoms with E-state index in [1.807, 2.05) is 20.8 Å². The molecule has 0 spiro atoms. The van der Waals surface area contributed by atoms with Crippen molar-refractivity contribution < 1.29 is 14.3 Å². The third-order valence-corrected chi connectivity index (χ3v) is 2.72. The van der Waals surface area contributed by atoms with E-state index >= 15 is 0 Å². The third-order valence-electron chi connectivity index (χ3n) is 2.54. The molecule has 0 aromatic rings. The second-order valence-corrected chi connectivity index (χ2v) is 5.81. The standard InChI is InChI=1S/C12H22ClN3O3/c1-12(2,3)19-11(18)15-6-8-16(9-7-15)14-10(17)4-5-13/h4-9H2,1-3H3,(H,14,17). The summed E-state index contributed by atoms with van der Waals surface area (Å²) >= 11 is 5.49. The van der Waals surface area contributed by atoms with Gasteiger partial charge in [-0.3, -0.25) is 10.2 Å². The summed E-state index contributed by atoms with van der Waals surface area (Å²) < 4.78 is 5.30. The number of ether oxygens (including phenoxy) is 1. The molecule has 0 aromatic heterocycles. The first kappa shape index (κ1) is 16.0. The van der Waals surface area contributed by atoms with Crippen molar-refractivity contribution in [2.75, 3.05) is 32.1 Å². The molecule has 1 rings (SSSR count). The van der Waals surface area contributed by atoms with Crippen LogP contribution < -0.4 is 5.43 Å². The zero-order valence-electron chi connectivity index (χ0n) is 11.7. The van der Waals surface area contributed by atoms with Gasteiger partial charge in [-0.25, -0.2) is 9.80 Å². The lowest BCUT2D eigenvalue weighted by molar-refractivity contribution is -0.126. The van der Waals surface area contributed by atoms with E-state index in [9.17, 15) is 9.59 Å². The molecule has 0 unspecified atom stereocenters. The van der Waals surface area contributed by atoms with Gasteiger partial charge >= 0.3 is 6.09 Å². The van der Waals surface area contributed by atoms with Crippen molar-refractivity contribution in [2.45, 2.75) is 32.8 Å². The number of nitrogens with one attached hydrogen (secondary N) is 1. The first-order chi connectivity index (χ1) is 8.81. The van der Waals surface area contributed by atoms with Crippen molar-refractivity contribution in [2.24, 2.45) is 0 Å². The van der Waals surface area contributed by atoms with Gasteiger partial charge in [-0.2, -0.15) is 0 Å². The molecule has 0 saturated carbocycles. The van der Waals surface area contributed by atoms with Crippen LogP contribution in [0.3, 0.4) is 0 Å². The summed E-state index contributed by atoms with van der Waals surface area (Å²) in [5.74, 6) is 0.213. The molecule has 1 fully saturated rings. The monoisotopic (exact) mass is 291 g/mol. The quantitative estimate of drug-likeness (QED) is 0.794. The molecule has 19 heavy (non-hydrogen) atoms. The Bertz CT molecular complexity index is 323. The van der Waals surface area contributed by atoms with E-state index < -0.39 is 5.60 Å². The molecule has 1 aliphatic rings. The predicted octanol–water partition coefficient (Wildman–Crippen LogP) is 1.20. The summed E-state index contributed by atoms with van der Waals surface area (Å²) in [5.41, 5.74) is 2.28. The van der Waals surface area contributed by atoms with Gasteiger partial charge in [-0.15, -0.1) is 11.6 Å². The van der Waals surface area contributed by atoms with E-state index in [1.165, 1.54) is 0 Å². The van der Waals surface area contributed by atoms with Gasteiger partial charge in [-0.05, 0) is 20.8 Å². The highest BCUT2D eigenvalue weighted by Crippen LogP contribution is 2.11. The van der Waals surface area contributed by atoms with Gasteiger partial charge in [0.1, 0.15) is 5.60 Å². The van der Waals surface area contributed by atoms with E-state index in [0.29, 0.717) is 38.5 Å². The lowest BCUT2D eigenvalue weighted by atomic mass is 10.2. The molecule has 0 radical (unpaired) electrons. The topological polar surface area (TPSA) is 61.9 Å². The average molecular weight is 292 g/mol. The second-order valence-electron chi connectivity index (χ2n) is 5.43. The van der Waals surface area contributed by atoms with Crippen molar-refractivity contribution in [3.8, 4) is 0 Å². The van der Waals surface area contributed by atoms with Crippen molar-refractivity contribution in [1.82, 2.24) is 15.3 Å². The highest BCUT2D eigenvalue weighted by Gasteiger charge is 2.26. The normalized spacial score (nSPS) is 17.2. The molecular formula is C12H22ClN3O3. The molecule has 1 N–H and O–H groups in total. The molecule has 6 nitrogen and oxygen atoms in total. The SMILES string of the molecule is CC(C)(C)OC(=O)N1CCN(NC(=O)CCCl)CC1. The van der Waals surface area contributed by atoms with Crippen molar-refractivity contribution in [1.29, 1.82) is 0 Å². The number of carbonyl (C=O) groups excluding carboxylic acids is 2. The minimum Gasteiger partial charge on any atom is -0.444 e. The van der Waals surface area contributed by atoms with Crippen LogP contribution in [0.4, 0.5) is 4.79 Å². The lowest BCUT2D eigenvalue weighted by Crippen LogP contribution is -2.55. The maximum Gasteiger partial charge on any atom is 0.410 e. The summed E-state index contributed by atoms with van der Waals surface area (Å²) in [6, 6.07) is 0. The fourth-order valence-corrected chi connectivity index (χ4v) is 1.82. The predicted molar refractivity (Wildman–Crippen MR) is 72.9 cm³/mol. The molecular weight excluding hydrogens is 270 g/mol. The van der Waals surface area contributed by atoms with Gasteiger partial charge in [0, 0.05) is 38.5 Å². The lowest BCUT2D eigenvalue weighted by Gasteiger charge is -2.35. The summed E-state index contributed by atoms with van der Waals surface area (Å²) in [7, 11) is 0. The molecule has 0 aromatic carbocycles. The fourth-order valence-electron chi connectivity index (χ4n) is 1.65. The van der Waals surface area contributed by atoms with Crippen molar-refractivity contribution in [3.63, 3.8) is 0 Å². The number of alkyl halides is 1. The molecule has 2 amide bonds. The van der Waals surface area contributed by atoms with E-state index in [1.54, 1.807) is 9.91 Å². The molecule has 1 heterocycles. The van der Waals surface area contributed by atoms with Crippen LogP contribution in [0.5, 0.6) is 0 Å². The number of rotatable bonds is 3. The van der Waals surface area contributed by atoms with Gasteiger partial charge in [0.15, 0.2) is 0 Å². The van der Waals surface area contributed by atoms with E-state index in [-0.39, 0.29) is 12.0 Å². The van der Waals surface area contributed by atoms with Gasteiger partial charge in [-0.1, -0.05) is 0 Å².